The van der Waals surface area contributed by atoms with Crippen molar-refractivity contribution in [3.8, 4) is 0 Å². The van der Waals surface area contributed by atoms with Crippen LogP contribution in [0.5, 0.6) is 0 Å². The van der Waals surface area contributed by atoms with E-state index < -0.39 is 17.8 Å². The highest BCUT2D eigenvalue weighted by Crippen LogP contribution is 2.31. The van der Waals surface area contributed by atoms with Gasteiger partial charge in [-0.15, -0.1) is 0 Å². The summed E-state index contributed by atoms with van der Waals surface area (Å²) in [5.41, 5.74) is 10.4. The Morgan fingerprint density at radius 3 is 1.96 bits per heavy atom. The highest BCUT2D eigenvalue weighted by atomic mass is 19.4. The van der Waals surface area contributed by atoms with Gasteiger partial charge in [-0.25, -0.2) is 15.8 Å². The summed E-state index contributed by atoms with van der Waals surface area (Å²) in [5, 5.41) is 0.836. The lowest BCUT2D eigenvalue weighted by Gasteiger charge is -2.21. The smallest absolute Gasteiger partial charge is 0.393 e. The number of morpholine rings is 1. The van der Waals surface area contributed by atoms with Crippen LogP contribution in [-0.2, 0) is 10.9 Å². The SMILES string of the molecule is CC.CN(N)c1nc(C(F)(F)F)nc(N)c1N.CN1CCOCC1. The van der Waals surface area contributed by atoms with Crippen LogP contribution in [0.25, 0.3) is 0 Å². The highest BCUT2D eigenvalue weighted by molar-refractivity contribution is 5.73. The van der Waals surface area contributed by atoms with E-state index in [2.05, 4.69) is 21.9 Å². The van der Waals surface area contributed by atoms with E-state index in [0.717, 1.165) is 31.3 Å². The standard InChI is InChI=1S/C6H9F3N6.C5H11NO.C2H6/c1-15(12)4-2(10)3(11)13-5(14-4)6(7,8)9;1-6-2-4-7-5-3-6;1-2/h10,12H2,1H3,(H2,11,13,14);2-5H2,1H3;1-2H3. The Bertz CT molecular complexity index is 491. The molecule has 0 spiro atoms. The van der Waals surface area contributed by atoms with Crippen LogP contribution in [0.4, 0.5) is 30.5 Å². The van der Waals surface area contributed by atoms with Gasteiger partial charge in [-0.1, -0.05) is 13.8 Å². The largest absolute Gasteiger partial charge is 0.451 e. The zero-order chi connectivity index (χ0) is 18.9. The Labute approximate surface area is 139 Å². The molecule has 6 N–H and O–H groups in total. The monoisotopic (exact) mass is 353 g/mol. The molecule has 0 bridgehead atoms. The summed E-state index contributed by atoms with van der Waals surface area (Å²) in [5.74, 6) is 3.14. The molecule has 24 heavy (non-hydrogen) atoms. The maximum Gasteiger partial charge on any atom is 0.451 e. The van der Waals surface area contributed by atoms with Crippen molar-refractivity contribution >= 4 is 17.3 Å². The first kappa shape index (κ1) is 22.1. The molecule has 0 atom stereocenters. The number of aromatic nitrogens is 2. The fraction of sp³-hybridized carbons (Fsp3) is 0.692. The number of rotatable bonds is 1. The van der Waals surface area contributed by atoms with Crippen molar-refractivity contribution < 1.29 is 17.9 Å². The Kier molecular flexibility index (Phi) is 9.33. The first-order valence-corrected chi connectivity index (χ1v) is 7.37. The number of hydrogen-bond acceptors (Lipinski definition) is 8. The van der Waals surface area contributed by atoms with E-state index in [0.29, 0.717) is 0 Å². The molecule has 1 aromatic rings. The summed E-state index contributed by atoms with van der Waals surface area (Å²) in [6.45, 7) is 8.02. The zero-order valence-corrected chi connectivity index (χ0v) is 14.4. The molecule has 1 aromatic heterocycles. The molecule has 0 saturated carbocycles. The van der Waals surface area contributed by atoms with E-state index in [-0.39, 0.29) is 11.5 Å². The minimum absolute atomic E-state index is 0.187. The Hall–Kier alpha value is -1.85. The summed E-state index contributed by atoms with van der Waals surface area (Å²) < 4.78 is 41.9. The van der Waals surface area contributed by atoms with Crippen LogP contribution in [0.3, 0.4) is 0 Å². The third-order valence-corrected chi connectivity index (χ3v) is 2.78. The number of ether oxygens (including phenoxy) is 1. The molecule has 2 heterocycles. The van der Waals surface area contributed by atoms with Gasteiger partial charge in [-0.3, -0.25) is 5.01 Å². The van der Waals surface area contributed by atoms with E-state index in [1.54, 1.807) is 0 Å². The third kappa shape index (κ3) is 7.15. The summed E-state index contributed by atoms with van der Waals surface area (Å²) in [4.78, 5) is 8.45. The van der Waals surface area contributed by atoms with Crippen LogP contribution >= 0.6 is 0 Å². The van der Waals surface area contributed by atoms with E-state index in [1.165, 1.54) is 7.05 Å². The second-order valence-electron chi connectivity index (χ2n) is 4.69. The lowest BCUT2D eigenvalue weighted by Crippen LogP contribution is -2.32. The molecule has 1 aliphatic rings. The second kappa shape index (κ2) is 10.1. The van der Waals surface area contributed by atoms with Gasteiger partial charge < -0.3 is 21.1 Å². The summed E-state index contributed by atoms with van der Waals surface area (Å²) in [6.07, 6.45) is -4.69. The molecular formula is C13H26F3N7O. The number of hydrogen-bond donors (Lipinski definition) is 3. The molecule has 0 aromatic carbocycles. The van der Waals surface area contributed by atoms with Crippen LogP contribution in [0.2, 0.25) is 0 Å². The first-order valence-electron chi connectivity index (χ1n) is 7.37. The minimum atomic E-state index is -4.69. The number of hydrazine groups is 1. The van der Waals surface area contributed by atoms with E-state index in [4.69, 9.17) is 22.0 Å². The average Bonchev–Trinajstić information content (AvgIpc) is 2.52. The molecule has 0 radical (unpaired) electrons. The maximum absolute atomic E-state index is 12.3. The number of likely N-dealkylation sites (N-methyl/N-ethyl adjacent to an activating group) is 1. The van der Waals surface area contributed by atoms with Gasteiger partial charge in [0.15, 0.2) is 11.6 Å². The average molecular weight is 353 g/mol. The van der Waals surface area contributed by atoms with Crippen LogP contribution in [0.1, 0.15) is 19.7 Å². The van der Waals surface area contributed by atoms with Crippen LogP contribution < -0.4 is 22.3 Å². The third-order valence-electron chi connectivity index (χ3n) is 2.78. The number of nitrogen functional groups attached to an aromatic ring is 2. The first-order chi connectivity index (χ1) is 11.1. The van der Waals surface area contributed by atoms with Gasteiger partial charge in [0.2, 0.25) is 5.82 Å². The van der Waals surface area contributed by atoms with Gasteiger partial charge in [0, 0.05) is 20.1 Å². The van der Waals surface area contributed by atoms with Gasteiger partial charge in [0.1, 0.15) is 5.69 Å². The van der Waals surface area contributed by atoms with Crippen molar-refractivity contribution in [1.82, 2.24) is 14.9 Å². The summed E-state index contributed by atoms with van der Waals surface area (Å²) in [7, 11) is 3.40. The van der Waals surface area contributed by atoms with Crippen molar-refractivity contribution in [3.05, 3.63) is 5.82 Å². The molecule has 140 valence electrons. The summed E-state index contributed by atoms with van der Waals surface area (Å²) in [6, 6.07) is 0. The van der Waals surface area contributed by atoms with Crippen molar-refractivity contribution in [3.63, 3.8) is 0 Å². The zero-order valence-electron chi connectivity index (χ0n) is 14.4. The van der Waals surface area contributed by atoms with Gasteiger partial charge in [0.25, 0.3) is 0 Å². The predicted octanol–water partition coefficient (Wildman–Crippen LogP) is 0.944. The van der Waals surface area contributed by atoms with E-state index in [1.807, 2.05) is 13.8 Å². The Balaban J connectivity index is 0.000000488. The minimum Gasteiger partial charge on any atom is -0.393 e. The number of alkyl halides is 3. The number of anilines is 3. The fourth-order valence-electron chi connectivity index (χ4n) is 1.52. The van der Waals surface area contributed by atoms with Crippen molar-refractivity contribution in [2.75, 3.05) is 56.9 Å². The lowest BCUT2D eigenvalue weighted by molar-refractivity contribution is -0.144. The molecule has 0 unspecified atom stereocenters. The van der Waals surface area contributed by atoms with E-state index >= 15 is 0 Å². The molecule has 0 aliphatic carbocycles. The van der Waals surface area contributed by atoms with Crippen molar-refractivity contribution in [2.24, 2.45) is 5.84 Å². The van der Waals surface area contributed by atoms with Gasteiger partial charge in [-0.2, -0.15) is 13.2 Å². The van der Waals surface area contributed by atoms with Crippen molar-refractivity contribution in [1.29, 1.82) is 0 Å². The van der Waals surface area contributed by atoms with Gasteiger partial charge in [0.05, 0.1) is 13.2 Å². The Morgan fingerprint density at radius 1 is 1.12 bits per heavy atom. The molecule has 1 saturated heterocycles. The number of nitrogens with zero attached hydrogens (tertiary/aromatic N) is 4. The van der Waals surface area contributed by atoms with Crippen LogP contribution in [0.15, 0.2) is 0 Å². The second-order valence-corrected chi connectivity index (χ2v) is 4.69. The number of halogens is 3. The lowest BCUT2D eigenvalue weighted by atomic mass is 10.4. The Morgan fingerprint density at radius 2 is 1.62 bits per heavy atom. The quantitative estimate of drug-likeness (QED) is 0.504. The van der Waals surface area contributed by atoms with Gasteiger partial charge >= 0.3 is 6.18 Å². The topological polar surface area (TPSA) is 120 Å². The molecule has 1 aliphatic heterocycles. The maximum atomic E-state index is 12.3. The van der Waals surface area contributed by atoms with Crippen molar-refractivity contribution in [2.45, 2.75) is 20.0 Å². The van der Waals surface area contributed by atoms with Gasteiger partial charge in [-0.05, 0) is 7.05 Å². The van der Waals surface area contributed by atoms with Crippen LogP contribution in [0, 0.1) is 0 Å². The van der Waals surface area contributed by atoms with E-state index in [9.17, 15) is 13.2 Å². The molecule has 0 amide bonds. The molecule has 8 nitrogen and oxygen atoms in total. The normalized spacial score (nSPS) is 14.8. The molecule has 1 fully saturated rings. The molecule has 2 rings (SSSR count). The molecular weight excluding hydrogens is 327 g/mol. The summed E-state index contributed by atoms with van der Waals surface area (Å²) >= 11 is 0. The molecule has 11 heteroatoms. The highest BCUT2D eigenvalue weighted by Gasteiger charge is 2.36. The fourth-order valence-corrected chi connectivity index (χ4v) is 1.52. The number of nitrogens with two attached hydrogens (primary N) is 3. The predicted molar refractivity (Wildman–Crippen MR) is 88.1 cm³/mol. The van der Waals surface area contributed by atoms with Crippen LogP contribution in [-0.4, -0.2) is 55.3 Å².